The first-order chi connectivity index (χ1) is 19.1. The third kappa shape index (κ3) is 5.44. The molecular weight excluding hydrogens is 578 g/mol. The number of nitrogens with zero attached hydrogens (tertiary/aromatic N) is 3. The largest absolute Gasteiger partial charge is 0.377 e. The van der Waals surface area contributed by atoms with Gasteiger partial charge >= 0.3 is 0 Å². The Labute approximate surface area is 241 Å². The summed E-state index contributed by atoms with van der Waals surface area (Å²) in [6.45, 7) is 4.52. The highest BCUT2D eigenvalue weighted by molar-refractivity contribution is 7.92. The van der Waals surface area contributed by atoms with Crippen LogP contribution in [0, 0.1) is 19.7 Å². The van der Waals surface area contributed by atoms with Gasteiger partial charge in [-0.2, -0.15) is 5.10 Å². The molecule has 1 N–H and O–H groups in total. The second-order valence-electron chi connectivity index (χ2n) is 9.30. The number of carbonyl (C=O) groups is 1. The van der Waals surface area contributed by atoms with E-state index in [4.69, 9.17) is 27.9 Å². The Morgan fingerprint density at radius 2 is 1.85 bits per heavy atom. The summed E-state index contributed by atoms with van der Waals surface area (Å²) in [6.07, 6.45) is 0. The van der Waals surface area contributed by atoms with Crippen molar-refractivity contribution >= 4 is 44.8 Å². The maximum Gasteiger partial charge on any atom is 0.263 e. The Morgan fingerprint density at radius 3 is 2.62 bits per heavy atom. The summed E-state index contributed by atoms with van der Waals surface area (Å²) in [4.78, 5) is 15.3. The first kappa shape index (κ1) is 28.1. The number of halogens is 3. The van der Waals surface area contributed by atoms with E-state index in [1.165, 1.54) is 41.1 Å². The van der Waals surface area contributed by atoms with Gasteiger partial charge in [0.25, 0.3) is 15.9 Å². The van der Waals surface area contributed by atoms with E-state index in [0.29, 0.717) is 30.2 Å². The normalized spacial score (nSPS) is 15.7. The topological polar surface area (TPSA) is 93.5 Å². The highest BCUT2D eigenvalue weighted by atomic mass is 35.5. The second-order valence-corrected chi connectivity index (χ2v) is 11.8. The summed E-state index contributed by atoms with van der Waals surface area (Å²) in [5, 5.41) is 4.80. The number of anilines is 1. The average Bonchev–Trinajstić information content (AvgIpc) is 3.22. The monoisotopic (exact) mass is 602 g/mol. The summed E-state index contributed by atoms with van der Waals surface area (Å²) in [5.41, 5.74) is 2.88. The predicted octanol–water partition coefficient (Wildman–Crippen LogP) is 5.95. The minimum Gasteiger partial charge on any atom is -0.377 e. The Morgan fingerprint density at radius 1 is 1.07 bits per heavy atom. The molecule has 0 spiro atoms. The number of ether oxygens (including phenoxy) is 1. The number of benzene rings is 3. The van der Waals surface area contributed by atoms with Crippen LogP contribution >= 0.6 is 23.2 Å². The fourth-order valence-electron chi connectivity index (χ4n) is 4.86. The SMILES string of the molecule is Cc1nn(-c2ccccc2F)c(C)c1C1COCCN1C(=O)c1cccc(NS(=O)(=O)c2cc(Cl)ccc2Cl)c1. The lowest BCUT2D eigenvalue weighted by Gasteiger charge is -2.36. The van der Waals surface area contributed by atoms with Gasteiger partial charge in [-0.15, -0.1) is 0 Å². The molecule has 1 aliphatic heterocycles. The highest BCUT2D eigenvalue weighted by Crippen LogP contribution is 2.33. The maximum atomic E-state index is 14.6. The van der Waals surface area contributed by atoms with Crippen molar-refractivity contribution < 1.29 is 22.3 Å². The van der Waals surface area contributed by atoms with Crippen molar-refractivity contribution in [3.63, 3.8) is 0 Å². The number of sulfonamides is 1. The van der Waals surface area contributed by atoms with Crippen LogP contribution in [-0.4, -0.2) is 48.8 Å². The van der Waals surface area contributed by atoms with E-state index in [2.05, 4.69) is 9.82 Å². The van der Waals surface area contributed by atoms with Crippen molar-refractivity contribution in [2.75, 3.05) is 24.5 Å². The molecule has 1 fully saturated rings. The number of amides is 1. The summed E-state index contributed by atoms with van der Waals surface area (Å²) >= 11 is 12.1. The van der Waals surface area contributed by atoms with Gasteiger partial charge in [-0.1, -0.05) is 41.4 Å². The zero-order valence-electron chi connectivity index (χ0n) is 21.6. The molecule has 1 unspecified atom stereocenters. The minimum atomic E-state index is -4.08. The van der Waals surface area contributed by atoms with E-state index in [9.17, 15) is 17.6 Å². The van der Waals surface area contributed by atoms with Gasteiger partial charge in [-0.05, 0) is 62.4 Å². The zero-order chi connectivity index (χ0) is 28.6. The van der Waals surface area contributed by atoms with Crippen LogP contribution in [-0.2, 0) is 14.8 Å². The summed E-state index contributed by atoms with van der Waals surface area (Å²) in [5.74, 6) is -0.724. The molecule has 208 valence electrons. The number of hydrogen-bond acceptors (Lipinski definition) is 5. The van der Waals surface area contributed by atoms with Gasteiger partial charge in [0, 0.05) is 34.1 Å². The van der Waals surface area contributed by atoms with Crippen LogP contribution in [0.2, 0.25) is 10.0 Å². The number of hydrogen-bond donors (Lipinski definition) is 1. The van der Waals surface area contributed by atoms with E-state index >= 15 is 0 Å². The summed E-state index contributed by atoms with van der Waals surface area (Å²) in [7, 11) is -4.08. The van der Waals surface area contributed by atoms with Crippen molar-refractivity contribution in [1.29, 1.82) is 0 Å². The van der Waals surface area contributed by atoms with Gasteiger partial charge in [0.15, 0.2) is 0 Å². The molecule has 3 aromatic carbocycles. The minimum absolute atomic E-state index is 0.0157. The lowest BCUT2D eigenvalue weighted by molar-refractivity contribution is -0.00303. The van der Waals surface area contributed by atoms with Crippen molar-refractivity contribution in [3.05, 3.63) is 105 Å². The number of aromatic nitrogens is 2. The Balaban J connectivity index is 1.45. The smallest absolute Gasteiger partial charge is 0.263 e. The molecular formula is C28H25Cl2FN4O4S. The standard InChI is InChI=1S/C28H25Cl2FN4O4S/c1-17-27(18(2)35(32-17)24-9-4-3-8-23(24)31)25-16-39-13-12-34(25)28(36)19-6-5-7-21(14-19)33-40(37,38)26-15-20(29)10-11-22(26)30/h3-11,14-15,25,33H,12-13,16H2,1-2H3. The average molecular weight is 604 g/mol. The molecule has 40 heavy (non-hydrogen) atoms. The van der Waals surface area contributed by atoms with Gasteiger partial charge < -0.3 is 9.64 Å². The number of carbonyl (C=O) groups excluding carboxylic acids is 1. The molecule has 8 nitrogen and oxygen atoms in total. The third-order valence-corrected chi connectivity index (χ3v) is 8.79. The van der Waals surface area contributed by atoms with E-state index in [0.717, 1.165) is 5.56 Å². The van der Waals surface area contributed by atoms with Crippen LogP contribution in [0.1, 0.15) is 33.4 Å². The van der Waals surface area contributed by atoms with Crippen LogP contribution in [0.25, 0.3) is 5.69 Å². The highest BCUT2D eigenvalue weighted by Gasteiger charge is 2.34. The molecule has 1 saturated heterocycles. The molecule has 12 heteroatoms. The lowest BCUT2D eigenvalue weighted by atomic mass is 10.0. The van der Waals surface area contributed by atoms with Gasteiger partial charge in [0.2, 0.25) is 0 Å². The Bertz CT molecular complexity index is 1710. The molecule has 0 radical (unpaired) electrons. The molecule has 0 saturated carbocycles. The van der Waals surface area contributed by atoms with Crippen LogP contribution < -0.4 is 4.72 Å². The first-order valence-corrected chi connectivity index (χ1v) is 14.6. The Kier molecular flexibility index (Phi) is 7.87. The van der Waals surface area contributed by atoms with E-state index in [1.807, 2.05) is 13.8 Å². The van der Waals surface area contributed by atoms with Crippen molar-refractivity contribution in [2.24, 2.45) is 0 Å². The molecule has 1 aromatic heterocycles. The number of nitrogens with one attached hydrogen (secondary N) is 1. The molecule has 5 rings (SSSR count). The molecule has 0 bridgehead atoms. The molecule has 0 aliphatic carbocycles. The maximum absolute atomic E-state index is 14.6. The first-order valence-electron chi connectivity index (χ1n) is 12.3. The van der Waals surface area contributed by atoms with Gasteiger partial charge in [0.1, 0.15) is 16.4 Å². The molecule has 1 aliphatic rings. The van der Waals surface area contributed by atoms with Crippen LogP contribution in [0.15, 0.2) is 71.6 Å². The van der Waals surface area contributed by atoms with Crippen molar-refractivity contribution in [2.45, 2.75) is 24.8 Å². The lowest BCUT2D eigenvalue weighted by Crippen LogP contribution is -2.43. The molecule has 2 heterocycles. The Hall–Kier alpha value is -3.44. The number of aryl methyl sites for hydroxylation is 1. The number of morpholine rings is 1. The zero-order valence-corrected chi connectivity index (χ0v) is 23.9. The fraction of sp³-hybridized carbons (Fsp3) is 0.214. The van der Waals surface area contributed by atoms with Crippen LogP contribution in [0.4, 0.5) is 10.1 Å². The molecule has 1 atom stereocenters. The third-order valence-electron chi connectivity index (χ3n) is 6.69. The summed E-state index contributed by atoms with van der Waals surface area (Å²) in [6, 6.07) is 16.2. The molecule has 1 amide bonds. The van der Waals surface area contributed by atoms with E-state index in [-0.39, 0.29) is 38.7 Å². The fourth-order valence-corrected chi connectivity index (χ4v) is 6.67. The van der Waals surface area contributed by atoms with E-state index in [1.54, 1.807) is 35.2 Å². The molecule has 4 aromatic rings. The van der Waals surface area contributed by atoms with Crippen molar-refractivity contribution in [1.82, 2.24) is 14.7 Å². The number of para-hydroxylation sites is 1. The van der Waals surface area contributed by atoms with Gasteiger partial charge in [-0.25, -0.2) is 17.5 Å². The van der Waals surface area contributed by atoms with Crippen LogP contribution in [0.5, 0.6) is 0 Å². The van der Waals surface area contributed by atoms with E-state index < -0.39 is 21.9 Å². The summed E-state index contributed by atoms with van der Waals surface area (Å²) < 4.78 is 50.3. The van der Waals surface area contributed by atoms with Crippen LogP contribution in [0.3, 0.4) is 0 Å². The van der Waals surface area contributed by atoms with Crippen molar-refractivity contribution in [3.8, 4) is 5.69 Å². The second kappa shape index (κ2) is 11.2. The predicted molar refractivity (Wildman–Crippen MR) is 151 cm³/mol. The number of rotatable bonds is 6. The van der Waals surface area contributed by atoms with Gasteiger partial charge in [-0.3, -0.25) is 9.52 Å². The quantitative estimate of drug-likeness (QED) is 0.294. The van der Waals surface area contributed by atoms with Gasteiger partial charge in [0.05, 0.1) is 30.0 Å².